The van der Waals surface area contributed by atoms with E-state index in [0.717, 1.165) is 5.56 Å². The van der Waals surface area contributed by atoms with Crippen LogP contribution < -0.4 is 15.4 Å². The molecule has 0 spiro atoms. The largest absolute Gasteiger partial charge is 0.489 e. The van der Waals surface area contributed by atoms with Crippen molar-refractivity contribution in [3.8, 4) is 5.75 Å². The molecule has 0 saturated carbocycles. The molecule has 1 aliphatic rings. The number of hydrogen-bond donors (Lipinski definition) is 2. The van der Waals surface area contributed by atoms with Gasteiger partial charge in [-0.05, 0) is 47.9 Å². The standard InChI is InChI=1S/C26H23FN2O4/c1-2-32-25(30)22-23(18-6-4-3-5-7-18)28-26(31)29-24(22)19-10-14-21(15-11-19)33-16-17-8-12-20(27)13-9-17/h3-15,24H,2,16H2,1H3,(H2,28,29,31). The maximum absolute atomic E-state index is 13.1. The third-order valence-electron chi connectivity index (χ3n) is 5.16. The number of benzene rings is 3. The van der Waals surface area contributed by atoms with E-state index in [-0.39, 0.29) is 19.0 Å². The SMILES string of the molecule is CCOC(=O)C1=C(c2ccccc2)NC(=O)NC1c1ccc(OCc2ccc(F)cc2)cc1. The molecule has 4 rings (SSSR count). The number of carbonyl (C=O) groups excluding carboxylic acids is 2. The Morgan fingerprint density at radius 1 is 0.970 bits per heavy atom. The number of halogens is 1. The number of rotatable bonds is 7. The lowest BCUT2D eigenvalue weighted by Gasteiger charge is -2.29. The smallest absolute Gasteiger partial charge is 0.338 e. The molecule has 1 atom stereocenters. The summed E-state index contributed by atoms with van der Waals surface area (Å²) >= 11 is 0. The number of nitrogens with one attached hydrogen (secondary N) is 2. The fourth-order valence-electron chi connectivity index (χ4n) is 3.58. The Labute approximate surface area is 191 Å². The molecule has 3 aromatic carbocycles. The lowest BCUT2D eigenvalue weighted by atomic mass is 9.92. The molecule has 0 aliphatic carbocycles. The zero-order valence-corrected chi connectivity index (χ0v) is 18.0. The predicted octanol–water partition coefficient (Wildman–Crippen LogP) is 4.73. The second-order valence-corrected chi connectivity index (χ2v) is 7.39. The van der Waals surface area contributed by atoms with E-state index in [0.29, 0.717) is 28.1 Å². The number of ether oxygens (including phenoxy) is 2. The van der Waals surface area contributed by atoms with Gasteiger partial charge >= 0.3 is 12.0 Å². The van der Waals surface area contributed by atoms with Crippen LogP contribution in [0.25, 0.3) is 5.70 Å². The first-order chi connectivity index (χ1) is 16.0. The molecule has 1 heterocycles. The second-order valence-electron chi connectivity index (χ2n) is 7.39. The summed E-state index contributed by atoms with van der Waals surface area (Å²) in [6, 6.07) is 21.3. The molecule has 1 aliphatic heterocycles. The Morgan fingerprint density at radius 2 is 1.67 bits per heavy atom. The van der Waals surface area contributed by atoms with Gasteiger partial charge in [-0.15, -0.1) is 0 Å². The van der Waals surface area contributed by atoms with Gasteiger partial charge in [-0.25, -0.2) is 14.0 Å². The monoisotopic (exact) mass is 446 g/mol. The normalized spacial score (nSPS) is 15.5. The Bertz CT molecular complexity index is 1160. The van der Waals surface area contributed by atoms with Crippen LogP contribution in [0.4, 0.5) is 9.18 Å². The average Bonchev–Trinajstić information content (AvgIpc) is 2.84. The summed E-state index contributed by atoms with van der Waals surface area (Å²) in [5.41, 5.74) is 2.99. The highest BCUT2D eigenvalue weighted by Gasteiger charge is 2.34. The van der Waals surface area contributed by atoms with Crippen molar-refractivity contribution in [1.29, 1.82) is 0 Å². The number of urea groups is 1. The van der Waals surface area contributed by atoms with E-state index in [2.05, 4.69) is 10.6 Å². The molecule has 168 valence electrons. The highest BCUT2D eigenvalue weighted by Crippen LogP contribution is 2.32. The zero-order valence-electron chi connectivity index (χ0n) is 18.0. The van der Waals surface area contributed by atoms with Crippen molar-refractivity contribution in [2.24, 2.45) is 0 Å². The van der Waals surface area contributed by atoms with Crippen molar-refractivity contribution < 1.29 is 23.5 Å². The van der Waals surface area contributed by atoms with Gasteiger partial charge in [-0.1, -0.05) is 54.6 Å². The average molecular weight is 446 g/mol. The van der Waals surface area contributed by atoms with Crippen LogP contribution in [-0.4, -0.2) is 18.6 Å². The van der Waals surface area contributed by atoms with Crippen molar-refractivity contribution in [1.82, 2.24) is 10.6 Å². The van der Waals surface area contributed by atoms with Crippen molar-refractivity contribution >= 4 is 17.7 Å². The van der Waals surface area contributed by atoms with E-state index in [1.165, 1.54) is 12.1 Å². The van der Waals surface area contributed by atoms with E-state index in [4.69, 9.17) is 9.47 Å². The fraction of sp³-hybridized carbons (Fsp3) is 0.154. The van der Waals surface area contributed by atoms with Gasteiger partial charge in [0.1, 0.15) is 18.2 Å². The molecule has 3 aromatic rings. The number of hydrogen-bond acceptors (Lipinski definition) is 4. The molecule has 0 saturated heterocycles. The van der Waals surface area contributed by atoms with Crippen LogP contribution in [0.15, 0.2) is 84.4 Å². The Balaban J connectivity index is 1.62. The van der Waals surface area contributed by atoms with Gasteiger partial charge in [0, 0.05) is 0 Å². The summed E-state index contributed by atoms with van der Waals surface area (Å²) in [6.45, 7) is 2.23. The highest BCUT2D eigenvalue weighted by molar-refractivity contribution is 6.04. The van der Waals surface area contributed by atoms with Gasteiger partial charge in [-0.2, -0.15) is 0 Å². The quantitative estimate of drug-likeness (QED) is 0.515. The zero-order chi connectivity index (χ0) is 23.2. The van der Waals surface area contributed by atoms with E-state index >= 15 is 0 Å². The second kappa shape index (κ2) is 9.99. The molecule has 2 N–H and O–H groups in total. The summed E-state index contributed by atoms with van der Waals surface area (Å²) in [5.74, 6) is -0.203. The number of esters is 1. The molecule has 6 nitrogen and oxygen atoms in total. The Kier molecular flexibility index (Phi) is 6.69. The van der Waals surface area contributed by atoms with E-state index in [1.54, 1.807) is 43.3 Å². The van der Waals surface area contributed by atoms with E-state index < -0.39 is 18.0 Å². The number of carbonyl (C=O) groups is 2. The predicted molar refractivity (Wildman–Crippen MR) is 122 cm³/mol. The highest BCUT2D eigenvalue weighted by atomic mass is 19.1. The van der Waals surface area contributed by atoms with Crippen molar-refractivity contribution in [2.45, 2.75) is 19.6 Å². The molecule has 1 unspecified atom stereocenters. The summed E-state index contributed by atoms with van der Waals surface area (Å²) in [5, 5.41) is 5.57. The molecule has 33 heavy (non-hydrogen) atoms. The molecule has 7 heteroatoms. The Morgan fingerprint density at radius 3 is 2.33 bits per heavy atom. The summed E-state index contributed by atoms with van der Waals surface area (Å²) in [6.07, 6.45) is 0. The first-order valence-corrected chi connectivity index (χ1v) is 10.6. The van der Waals surface area contributed by atoms with Crippen LogP contribution in [-0.2, 0) is 16.1 Å². The van der Waals surface area contributed by atoms with Crippen LogP contribution in [0.5, 0.6) is 5.75 Å². The molecule has 0 radical (unpaired) electrons. The van der Waals surface area contributed by atoms with Gasteiger partial charge in [-0.3, -0.25) is 0 Å². The molecule has 0 fully saturated rings. The molecular weight excluding hydrogens is 423 g/mol. The summed E-state index contributed by atoms with van der Waals surface area (Å²) < 4.78 is 24.1. The minimum Gasteiger partial charge on any atom is -0.489 e. The minimum atomic E-state index is -0.695. The van der Waals surface area contributed by atoms with Crippen molar-refractivity contribution in [3.63, 3.8) is 0 Å². The maximum Gasteiger partial charge on any atom is 0.338 e. The molecular formula is C26H23FN2O4. The fourth-order valence-corrected chi connectivity index (χ4v) is 3.58. The van der Waals surface area contributed by atoms with Gasteiger partial charge in [0.2, 0.25) is 0 Å². The maximum atomic E-state index is 13.1. The third kappa shape index (κ3) is 5.20. The number of amides is 2. The third-order valence-corrected chi connectivity index (χ3v) is 5.16. The topological polar surface area (TPSA) is 76.7 Å². The minimum absolute atomic E-state index is 0.210. The van der Waals surface area contributed by atoms with E-state index in [1.807, 2.05) is 30.3 Å². The first kappa shape index (κ1) is 22.1. The molecule has 0 bridgehead atoms. The van der Waals surface area contributed by atoms with Crippen LogP contribution in [0.2, 0.25) is 0 Å². The van der Waals surface area contributed by atoms with Gasteiger partial charge in [0.15, 0.2) is 0 Å². The van der Waals surface area contributed by atoms with Crippen LogP contribution in [0.1, 0.15) is 29.7 Å². The Hall–Kier alpha value is -4.13. The molecule has 2 amide bonds. The van der Waals surface area contributed by atoms with Crippen molar-refractivity contribution in [2.75, 3.05) is 6.61 Å². The van der Waals surface area contributed by atoms with Crippen LogP contribution in [0.3, 0.4) is 0 Å². The molecule has 0 aromatic heterocycles. The van der Waals surface area contributed by atoms with Gasteiger partial charge in [0.25, 0.3) is 0 Å². The first-order valence-electron chi connectivity index (χ1n) is 10.6. The van der Waals surface area contributed by atoms with Crippen molar-refractivity contribution in [3.05, 3.63) is 107 Å². The lowest BCUT2D eigenvalue weighted by Crippen LogP contribution is -2.45. The lowest BCUT2D eigenvalue weighted by molar-refractivity contribution is -0.138. The van der Waals surface area contributed by atoms with Gasteiger partial charge in [0.05, 0.1) is 23.9 Å². The van der Waals surface area contributed by atoms with Crippen LogP contribution in [0, 0.1) is 5.82 Å². The van der Waals surface area contributed by atoms with Crippen LogP contribution >= 0.6 is 0 Å². The van der Waals surface area contributed by atoms with E-state index in [9.17, 15) is 14.0 Å². The summed E-state index contributed by atoms with van der Waals surface area (Å²) in [4.78, 5) is 25.3. The van der Waals surface area contributed by atoms with Gasteiger partial charge < -0.3 is 20.1 Å². The summed E-state index contributed by atoms with van der Waals surface area (Å²) in [7, 11) is 0.